The molecule has 1 heterocycles. The average molecular weight is 452 g/mol. The zero-order valence-electron chi connectivity index (χ0n) is 19.2. The van der Waals surface area contributed by atoms with Crippen LogP contribution in [-0.4, -0.2) is 24.2 Å². The maximum absolute atomic E-state index is 14.0. The molecule has 4 aliphatic rings. The molecular weight excluding hydrogens is 426 g/mol. The molecule has 5 heteroatoms. The van der Waals surface area contributed by atoms with Gasteiger partial charge in [-0.1, -0.05) is 55.5 Å². The number of ether oxygens (including phenoxy) is 1. The molecule has 34 heavy (non-hydrogen) atoms. The molecule has 3 aromatic carbocycles. The van der Waals surface area contributed by atoms with Crippen LogP contribution < -0.4 is 9.64 Å². The summed E-state index contributed by atoms with van der Waals surface area (Å²) in [4.78, 5) is 42.9. The summed E-state index contributed by atoms with van der Waals surface area (Å²) < 4.78 is 5.66. The van der Waals surface area contributed by atoms with Crippen LogP contribution in [0.25, 0.3) is 0 Å². The van der Waals surface area contributed by atoms with E-state index in [1.54, 1.807) is 31.2 Å². The highest BCUT2D eigenvalue weighted by Gasteiger charge is 2.69. The summed E-state index contributed by atoms with van der Waals surface area (Å²) in [7, 11) is 0. The molecule has 0 unspecified atom stereocenters. The molecule has 3 aliphatic carbocycles. The second-order valence-electron chi connectivity index (χ2n) is 9.37. The van der Waals surface area contributed by atoms with Crippen molar-refractivity contribution in [2.45, 2.75) is 31.6 Å². The van der Waals surface area contributed by atoms with Gasteiger partial charge in [-0.05, 0) is 59.9 Å². The second kappa shape index (κ2) is 7.39. The quantitative estimate of drug-likeness (QED) is 0.531. The number of carbonyl (C=O) groups excluding carboxylic acids is 3. The van der Waals surface area contributed by atoms with Crippen molar-refractivity contribution >= 4 is 23.3 Å². The predicted molar refractivity (Wildman–Crippen MR) is 128 cm³/mol. The van der Waals surface area contributed by atoms with Crippen molar-refractivity contribution in [3.63, 3.8) is 0 Å². The number of nitrogens with zero attached hydrogens (tertiary/aromatic N) is 1. The maximum atomic E-state index is 14.0. The summed E-state index contributed by atoms with van der Waals surface area (Å²) in [6.45, 7) is 4.19. The smallest absolute Gasteiger partial charge is 0.239 e. The Kier molecular flexibility index (Phi) is 4.53. The molecule has 2 amide bonds. The third-order valence-electron chi connectivity index (χ3n) is 7.74. The average Bonchev–Trinajstić information content (AvgIpc) is 3.13. The van der Waals surface area contributed by atoms with E-state index in [1.165, 1.54) is 4.90 Å². The molecule has 2 atom stereocenters. The van der Waals surface area contributed by atoms with Crippen LogP contribution in [0.1, 0.15) is 48.4 Å². The first kappa shape index (κ1) is 20.8. The first-order valence-corrected chi connectivity index (χ1v) is 11.8. The van der Waals surface area contributed by atoms with Crippen LogP contribution >= 0.6 is 0 Å². The summed E-state index contributed by atoms with van der Waals surface area (Å²) in [6, 6.07) is 22.7. The second-order valence-corrected chi connectivity index (χ2v) is 9.37. The van der Waals surface area contributed by atoms with Crippen molar-refractivity contribution in [3.8, 4) is 5.75 Å². The molecule has 5 nitrogen and oxygen atoms in total. The van der Waals surface area contributed by atoms with E-state index in [2.05, 4.69) is 0 Å². The topological polar surface area (TPSA) is 63.7 Å². The lowest BCUT2D eigenvalue weighted by Crippen LogP contribution is -2.57. The SMILES string of the molecule is CCCOc1ccc(N2C(=O)[C@@H]3C4c5ccccc5C(C(C)=O)(c5ccccc54)[C@@H]3C2=O)cc1. The minimum atomic E-state index is -1.17. The van der Waals surface area contributed by atoms with E-state index >= 15 is 0 Å². The molecule has 1 saturated heterocycles. The van der Waals surface area contributed by atoms with Gasteiger partial charge in [0, 0.05) is 5.92 Å². The minimum absolute atomic E-state index is 0.105. The van der Waals surface area contributed by atoms with Crippen molar-refractivity contribution in [2.75, 3.05) is 11.5 Å². The molecule has 0 aromatic heterocycles. The van der Waals surface area contributed by atoms with E-state index in [4.69, 9.17) is 4.74 Å². The number of rotatable bonds is 5. The van der Waals surface area contributed by atoms with Gasteiger partial charge in [-0.2, -0.15) is 0 Å². The molecule has 1 fully saturated rings. The Morgan fingerprint density at radius 3 is 2.03 bits per heavy atom. The Morgan fingerprint density at radius 1 is 0.882 bits per heavy atom. The first-order valence-electron chi connectivity index (χ1n) is 11.8. The molecule has 0 N–H and O–H groups in total. The fraction of sp³-hybridized carbons (Fsp3) is 0.276. The minimum Gasteiger partial charge on any atom is -0.494 e. The van der Waals surface area contributed by atoms with Gasteiger partial charge >= 0.3 is 0 Å². The van der Waals surface area contributed by atoms with Crippen molar-refractivity contribution in [3.05, 3.63) is 95.1 Å². The number of imide groups is 1. The van der Waals surface area contributed by atoms with Crippen LogP contribution in [0.4, 0.5) is 5.69 Å². The molecule has 2 bridgehead atoms. The van der Waals surface area contributed by atoms with Gasteiger partial charge in [-0.3, -0.25) is 14.4 Å². The molecule has 0 spiro atoms. The maximum Gasteiger partial charge on any atom is 0.239 e. The lowest BCUT2D eigenvalue weighted by molar-refractivity contribution is -0.132. The Labute approximate surface area is 198 Å². The predicted octanol–water partition coefficient (Wildman–Crippen LogP) is 4.62. The number of Topliss-reactive ketones (excluding diaryl/α,β-unsaturated/α-hetero) is 1. The number of carbonyl (C=O) groups is 3. The number of amides is 2. The number of hydrogen-bond acceptors (Lipinski definition) is 4. The highest BCUT2D eigenvalue weighted by atomic mass is 16.5. The fourth-order valence-corrected chi connectivity index (χ4v) is 6.54. The van der Waals surface area contributed by atoms with E-state index < -0.39 is 17.3 Å². The highest BCUT2D eigenvalue weighted by Crippen LogP contribution is 2.64. The third-order valence-corrected chi connectivity index (χ3v) is 7.74. The van der Waals surface area contributed by atoms with E-state index in [1.807, 2.05) is 55.5 Å². The van der Waals surface area contributed by atoms with Gasteiger partial charge in [-0.25, -0.2) is 4.90 Å². The molecule has 0 radical (unpaired) electrons. The summed E-state index contributed by atoms with van der Waals surface area (Å²) in [5.74, 6) is -1.58. The lowest BCUT2D eigenvalue weighted by Gasteiger charge is -2.52. The normalized spacial score (nSPS) is 26.2. The van der Waals surface area contributed by atoms with Gasteiger partial charge in [0.05, 0.1) is 29.5 Å². The van der Waals surface area contributed by atoms with Crippen molar-refractivity contribution in [1.82, 2.24) is 0 Å². The Hall–Kier alpha value is -3.73. The van der Waals surface area contributed by atoms with Crippen LogP contribution in [0, 0.1) is 11.8 Å². The molecule has 3 aromatic rings. The summed E-state index contributed by atoms with van der Waals surface area (Å²) in [5, 5.41) is 0. The lowest BCUT2D eigenvalue weighted by atomic mass is 9.46. The fourth-order valence-electron chi connectivity index (χ4n) is 6.54. The number of anilines is 1. The van der Waals surface area contributed by atoms with Gasteiger partial charge in [0.2, 0.25) is 11.8 Å². The first-order chi connectivity index (χ1) is 16.5. The standard InChI is InChI=1S/C29H25NO4/c1-3-16-34-19-14-12-18(13-15-19)30-27(32)25-24-20-8-4-6-10-22(20)29(17(2)31,26(25)28(30)33)23-11-7-5-9-21(23)24/h4-15,24-26H,3,16H2,1-2H3/t24?,25-,26+,29?/m1/s1. The Balaban J connectivity index is 1.54. The number of hydrogen-bond donors (Lipinski definition) is 0. The monoisotopic (exact) mass is 451 g/mol. The Bertz CT molecular complexity index is 1290. The van der Waals surface area contributed by atoms with E-state index in [0.717, 1.165) is 28.7 Å². The number of benzene rings is 3. The Morgan fingerprint density at radius 2 is 1.47 bits per heavy atom. The zero-order valence-corrected chi connectivity index (χ0v) is 19.2. The largest absolute Gasteiger partial charge is 0.494 e. The molecular formula is C29H25NO4. The summed E-state index contributed by atoms with van der Waals surface area (Å²) in [6.07, 6.45) is 0.893. The van der Waals surface area contributed by atoms with E-state index in [9.17, 15) is 14.4 Å². The molecule has 170 valence electrons. The van der Waals surface area contributed by atoms with Crippen LogP contribution in [0.2, 0.25) is 0 Å². The summed E-state index contributed by atoms with van der Waals surface area (Å²) >= 11 is 0. The van der Waals surface area contributed by atoms with Crippen LogP contribution in [0.3, 0.4) is 0 Å². The van der Waals surface area contributed by atoms with E-state index in [-0.39, 0.29) is 23.5 Å². The third kappa shape index (κ3) is 2.47. The molecule has 0 saturated carbocycles. The van der Waals surface area contributed by atoms with Crippen molar-refractivity contribution in [1.29, 1.82) is 0 Å². The van der Waals surface area contributed by atoms with Gasteiger partial charge in [-0.15, -0.1) is 0 Å². The molecule has 1 aliphatic heterocycles. The molecule has 7 rings (SSSR count). The number of ketones is 1. The zero-order chi connectivity index (χ0) is 23.6. The van der Waals surface area contributed by atoms with Gasteiger partial charge < -0.3 is 4.74 Å². The van der Waals surface area contributed by atoms with Crippen LogP contribution in [-0.2, 0) is 19.8 Å². The van der Waals surface area contributed by atoms with Crippen molar-refractivity contribution in [2.24, 2.45) is 11.8 Å². The summed E-state index contributed by atoms with van der Waals surface area (Å²) in [5.41, 5.74) is 3.02. The highest BCUT2D eigenvalue weighted by molar-refractivity contribution is 6.25. The van der Waals surface area contributed by atoms with Gasteiger partial charge in [0.15, 0.2) is 0 Å². The van der Waals surface area contributed by atoms with Crippen molar-refractivity contribution < 1.29 is 19.1 Å². The van der Waals surface area contributed by atoms with Crippen LogP contribution in [0.15, 0.2) is 72.8 Å². The van der Waals surface area contributed by atoms with Crippen LogP contribution in [0.5, 0.6) is 5.75 Å². The van der Waals surface area contributed by atoms with Gasteiger partial charge in [0.1, 0.15) is 11.5 Å². The van der Waals surface area contributed by atoms with Gasteiger partial charge in [0.25, 0.3) is 0 Å². The van der Waals surface area contributed by atoms with E-state index in [0.29, 0.717) is 18.0 Å².